The number of hydrogen-bond acceptors (Lipinski definition) is 3. The van der Waals surface area contributed by atoms with E-state index in [1.54, 1.807) is 11.3 Å². The second-order valence-electron chi connectivity index (χ2n) is 6.31. The van der Waals surface area contributed by atoms with Crippen molar-refractivity contribution >= 4 is 28.1 Å². The number of benzene rings is 1. The van der Waals surface area contributed by atoms with Crippen molar-refractivity contribution in [1.29, 1.82) is 0 Å². The smallest absolute Gasteiger partial charge is 0.191 e. The first-order chi connectivity index (χ1) is 12.7. The monoisotopic (exact) mass is 391 g/mol. The molecule has 2 aromatic rings. The minimum absolute atomic E-state index is 0.497. The van der Waals surface area contributed by atoms with Crippen LogP contribution in [0.5, 0.6) is 0 Å². The van der Waals surface area contributed by atoms with Gasteiger partial charge in [0.1, 0.15) is 0 Å². The Morgan fingerprint density at radius 3 is 2.69 bits per heavy atom. The molecule has 0 aliphatic carbocycles. The minimum atomic E-state index is -0.870. The van der Waals surface area contributed by atoms with Gasteiger partial charge in [-0.3, -0.25) is 9.20 Å². The summed E-state index contributed by atoms with van der Waals surface area (Å²) < 4.78 is 12.2. The molecule has 0 aliphatic heterocycles. The van der Waals surface area contributed by atoms with Gasteiger partial charge in [0.05, 0.1) is 0 Å². The zero-order valence-corrected chi connectivity index (χ0v) is 17.2. The van der Waals surface area contributed by atoms with Crippen molar-refractivity contribution in [2.75, 3.05) is 25.4 Å². The van der Waals surface area contributed by atoms with E-state index in [0.717, 1.165) is 31.0 Å². The van der Waals surface area contributed by atoms with Crippen LogP contribution >= 0.6 is 11.3 Å². The van der Waals surface area contributed by atoms with E-state index < -0.39 is 10.8 Å². The third kappa shape index (κ3) is 8.15. The predicted octanol–water partition coefficient (Wildman–Crippen LogP) is 3.43. The number of thiophene rings is 1. The molecule has 0 fully saturated rings. The molecule has 2 rings (SSSR count). The SMILES string of the molecule is CCNC(=NCC(C)Cc1cccs1)NCCS(=O)Cc1ccccc1. The van der Waals surface area contributed by atoms with E-state index in [9.17, 15) is 4.21 Å². The molecule has 0 aliphatic rings. The summed E-state index contributed by atoms with van der Waals surface area (Å²) in [5.74, 6) is 2.52. The van der Waals surface area contributed by atoms with Crippen LogP contribution in [-0.2, 0) is 23.0 Å². The molecule has 142 valence electrons. The van der Waals surface area contributed by atoms with Gasteiger partial charge in [-0.25, -0.2) is 0 Å². The summed E-state index contributed by atoms with van der Waals surface area (Å²) in [6.45, 7) is 6.53. The summed E-state index contributed by atoms with van der Waals surface area (Å²) in [4.78, 5) is 6.08. The fourth-order valence-corrected chi connectivity index (χ4v) is 4.45. The Hall–Kier alpha value is -1.66. The van der Waals surface area contributed by atoms with Crippen molar-refractivity contribution < 1.29 is 4.21 Å². The van der Waals surface area contributed by atoms with Gasteiger partial charge in [-0.05, 0) is 36.3 Å². The average molecular weight is 392 g/mol. The lowest BCUT2D eigenvalue weighted by Gasteiger charge is -2.13. The van der Waals surface area contributed by atoms with Crippen LogP contribution in [0, 0.1) is 5.92 Å². The number of guanidine groups is 1. The highest BCUT2D eigenvalue weighted by Gasteiger charge is 2.06. The van der Waals surface area contributed by atoms with E-state index >= 15 is 0 Å². The molecule has 2 unspecified atom stereocenters. The third-order valence-corrected chi connectivity index (χ3v) is 6.04. The lowest BCUT2D eigenvalue weighted by molar-refractivity contribution is 0.595. The standard InChI is InChI=1S/C20H29N3OS2/c1-3-21-20(23-15-17(2)14-19-10-7-12-25-19)22-11-13-26(24)16-18-8-5-4-6-9-18/h4-10,12,17H,3,11,13-16H2,1-2H3,(H2,21,22,23). The van der Waals surface area contributed by atoms with Crippen LogP contribution in [-0.4, -0.2) is 35.6 Å². The van der Waals surface area contributed by atoms with Crippen molar-refractivity contribution in [2.45, 2.75) is 26.0 Å². The zero-order chi connectivity index (χ0) is 18.6. The minimum Gasteiger partial charge on any atom is -0.357 e. The first-order valence-corrected chi connectivity index (χ1v) is 11.5. The highest BCUT2D eigenvalue weighted by atomic mass is 32.2. The molecule has 6 heteroatoms. The molecular weight excluding hydrogens is 362 g/mol. The van der Waals surface area contributed by atoms with Gasteiger partial charge >= 0.3 is 0 Å². The van der Waals surface area contributed by atoms with Gasteiger partial charge < -0.3 is 10.6 Å². The molecule has 4 nitrogen and oxygen atoms in total. The average Bonchev–Trinajstić information content (AvgIpc) is 3.13. The summed E-state index contributed by atoms with van der Waals surface area (Å²) in [6, 6.07) is 14.3. The van der Waals surface area contributed by atoms with E-state index in [4.69, 9.17) is 0 Å². The highest BCUT2D eigenvalue weighted by molar-refractivity contribution is 7.84. The summed E-state index contributed by atoms with van der Waals surface area (Å²) in [6.07, 6.45) is 1.06. The van der Waals surface area contributed by atoms with Gasteiger partial charge in [-0.2, -0.15) is 0 Å². The van der Waals surface area contributed by atoms with Crippen LogP contribution in [0.3, 0.4) is 0 Å². The van der Waals surface area contributed by atoms with Gasteiger partial charge in [0, 0.05) is 46.8 Å². The molecule has 0 spiro atoms. The highest BCUT2D eigenvalue weighted by Crippen LogP contribution is 2.14. The summed E-state index contributed by atoms with van der Waals surface area (Å²) in [7, 11) is -0.870. The number of hydrogen-bond donors (Lipinski definition) is 2. The molecule has 0 bridgehead atoms. The molecule has 0 saturated heterocycles. The van der Waals surface area contributed by atoms with Gasteiger partial charge in [-0.1, -0.05) is 43.3 Å². The van der Waals surface area contributed by atoms with Crippen LogP contribution in [0.15, 0.2) is 52.8 Å². The van der Waals surface area contributed by atoms with Crippen LogP contribution in [0.2, 0.25) is 0 Å². The largest absolute Gasteiger partial charge is 0.357 e. The fraction of sp³-hybridized carbons (Fsp3) is 0.450. The van der Waals surface area contributed by atoms with E-state index in [1.165, 1.54) is 4.88 Å². The quantitative estimate of drug-likeness (QED) is 0.482. The van der Waals surface area contributed by atoms with Crippen molar-refractivity contribution in [3.8, 4) is 0 Å². The van der Waals surface area contributed by atoms with E-state index in [2.05, 4.69) is 47.0 Å². The molecule has 0 amide bonds. The first kappa shape index (κ1) is 20.6. The Morgan fingerprint density at radius 1 is 1.19 bits per heavy atom. The lowest BCUT2D eigenvalue weighted by atomic mass is 10.1. The topological polar surface area (TPSA) is 53.5 Å². The summed E-state index contributed by atoms with van der Waals surface area (Å²) in [5, 5.41) is 8.68. The molecule has 1 aromatic carbocycles. The molecule has 26 heavy (non-hydrogen) atoms. The Morgan fingerprint density at radius 2 is 2.00 bits per heavy atom. The molecule has 0 saturated carbocycles. The maximum absolute atomic E-state index is 12.2. The summed E-state index contributed by atoms with van der Waals surface area (Å²) >= 11 is 1.80. The van der Waals surface area contributed by atoms with Crippen molar-refractivity contribution in [2.24, 2.45) is 10.9 Å². The second-order valence-corrected chi connectivity index (χ2v) is 8.92. The predicted molar refractivity (Wildman–Crippen MR) is 114 cm³/mol. The molecule has 0 radical (unpaired) electrons. The lowest BCUT2D eigenvalue weighted by Crippen LogP contribution is -2.39. The maximum atomic E-state index is 12.2. The third-order valence-electron chi connectivity index (χ3n) is 3.83. The van der Waals surface area contributed by atoms with Crippen molar-refractivity contribution in [3.05, 3.63) is 58.3 Å². The molecule has 2 atom stereocenters. The van der Waals surface area contributed by atoms with E-state index in [1.807, 2.05) is 30.3 Å². The van der Waals surface area contributed by atoms with Crippen LogP contribution < -0.4 is 10.6 Å². The summed E-state index contributed by atoms with van der Waals surface area (Å²) in [5.41, 5.74) is 1.12. The fourth-order valence-electron chi connectivity index (χ4n) is 2.54. The van der Waals surface area contributed by atoms with Gasteiger partial charge in [0.25, 0.3) is 0 Å². The molecule has 2 N–H and O–H groups in total. The van der Waals surface area contributed by atoms with Crippen molar-refractivity contribution in [3.63, 3.8) is 0 Å². The Kier molecular flexibility index (Phi) is 9.42. The van der Waals surface area contributed by atoms with Crippen LogP contribution in [0.4, 0.5) is 0 Å². The number of nitrogens with zero attached hydrogens (tertiary/aromatic N) is 1. The second kappa shape index (κ2) is 11.9. The van der Waals surface area contributed by atoms with Crippen LogP contribution in [0.1, 0.15) is 24.3 Å². The number of rotatable bonds is 10. The van der Waals surface area contributed by atoms with Crippen molar-refractivity contribution in [1.82, 2.24) is 10.6 Å². The first-order valence-electron chi connectivity index (χ1n) is 9.10. The Labute approximate surface area is 163 Å². The maximum Gasteiger partial charge on any atom is 0.191 e. The number of nitrogens with one attached hydrogen (secondary N) is 2. The number of aliphatic imine (C=N–C) groups is 1. The van der Waals surface area contributed by atoms with Gasteiger partial charge in [-0.15, -0.1) is 11.3 Å². The van der Waals surface area contributed by atoms with Crippen LogP contribution in [0.25, 0.3) is 0 Å². The molecule has 1 aromatic heterocycles. The molecule has 1 heterocycles. The zero-order valence-electron chi connectivity index (χ0n) is 15.6. The van der Waals surface area contributed by atoms with Gasteiger partial charge in [0.15, 0.2) is 5.96 Å². The van der Waals surface area contributed by atoms with Gasteiger partial charge in [0.2, 0.25) is 0 Å². The Bertz CT molecular complexity index is 672. The normalized spacial score (nSPS) is 14.0. The Balaban J connectivity index is 1.73. The van der Waals surface area contributed by atoms with E-state index in [0.29, 0.717) is 24.0 Å². The molecular formula is C20H29N3OS2. The van der Waals surface area contributed by atoms with E-state index in [-0.39, 0.29) is 0 Å².